The summed E-state index contributed by atoms with van der Waals surface area (Å²) in [5.74, 6) is 0.246. The summed E-state index contributed by atoms with van der Waals surface area (Å²) >= 11 is 0. The Balaban J connectivity index is 2.02. The van der Waals surface area contributed by atoms with Gasteiger partial charge >= 0.3 is 0 Å². The van der Waals surface area contributed by atoms with E-state index >= 15 is 0 Å². The topological polar surface area (TPSA) is 80.5 Å². The molecule has 0 atom stereocenters. The fraction of sp³-hybridized carbons (Fsp3) is 0.222. The molecule has 2 rings (SSSR count). The quantitative estimate of drug-likeness (QED) is 0.726. The zero-order chi connectivity index (χ0) is 10.7. The number of benzene rings is 1. The van der Waals surface area contributed by atoms with Gasteiger partial charge in [-0.2, -0.15) is 5.21 Å². The molecule has 2 aromatic rings. The van der Waals surface area contributed by atoms with Crippen LogP contribution in [0, 0.1) is 5.82 Å². The number of aromatic nitrogens is 4. The number of nitrogens with one attached hydrogen (secondary N) is 1. The fourth-order valence-electron chi connectivity index (χ4n) is 1.29. The van der Waals surface area contributed by atoms with Crippen LogP contribution < -0.4 is 5.73 Å². The Morgan fingerprint density at radius 2 is 2.20 bits per heavy atom. The molecule has 0 aliphatic rings. The van der Waals surface area contributed by atoms with E-state index in [1.54, 1.807) is 12.1 Å². The molecule has 5 nitrogen and oxygen atoms in total. The molecule has 0 saturated carbocycles. The number of tetrazole rings is 1. The molecule has 3 N–H and O–H groups in total. The Bertz CT molecular complexity index is 440. The van der Waals surface area contributed by atoms with E-state index in [9.17, 15) is 4.39 Å². The van der Waals surface area contributed by atoms with Crippen LogP contribution in [-0.4, -0.2) is 20.6 Å². The van der Waals surface area contributed by atoms with Gasteiger partial charge in [0.2, 0.25) is 0 Å². The highest BCUT2D eigenvalue weighted by atomic mass is 19.1. The Morgan fingerprint density at radius 3 is 2.87 bits per heavy atom. The van der Waals surface area contributed by atoms with Crippen molar-refractivity contribution in [3.8, 4) is 0 Å². The molecule has 0 saturated heterocycles. The average molecular weight is 207 g/mol. The van der Waals surface area contributed by atoms with E-state index in [4.69, 9.17) is 5.73 Å². The van der Waals surface area contributed by atoms with E-state index in [0.717, 1.165) is 5.56 Å². The van der Waals surface area contributed by atoms with E-state index in [2.05, 4.69) is 20.6 Å². The molecule has 15 heavy (non-hydrogen) atoms. The monoisotopic (exact) mass is 207 g/mol. The Labute approximate surface area is 85.5 Å². The maximum atomic E-state index is 12.8. The highest BCUT2D eigenvalue weighted by Crippen LogP contribution is 2.13. The first-order valence-electron chi connectivity index (χ1n) is 4.52. The summed E-state index contributed by atoms with van der Waals surface area (Å²) in [6.07, 6.45) is 1.37. The molecule has 0 fully saturated rings. The number of halogens is 1. The molecule has 78 valence electrons. The van der Waals surface area contributed by atoms with Crippen LogP contribution in [0.2, 0.25) is 0 Å². The molecule has 1 aromatic carbocycles. The minimum absolute atomic E-state index is 0.167. The van der Waals surface area contributed by atoms with Gasteiger partial charge in [0.25, 0.3) is 0 Å². The van der Waals surface area contributed by atoms with Gasteiger partial charge in [0.15, 0.2) is 5.82 Å². The number of nitrogens with two attached hydrogens (primary N) is 1. The van der Waals surface area contributed by atoms with Crippen LogP contribution in [0.4, 0.5) is 10.1 Å². The lowest BCUT2D eigenvalue weighted by atomic mass is 10.1. The van der Waals surface area contributed by atoms with Gasteiger partial charge in [-0.05, 0) is 24.1 Å². The van der Waals surface area contributed by atoms with Crippen molar-refractivity contribution in [2.45, 2.75) is 12.8 Å². The molecular weight excluding hydrogens is 197 g/mol. The smallest absolute Gasteiger partial charge is 0.174 e. The first kappa shape index (κ1) is 9.57. The standard InChI is InChI=1S/C9H10FN5/c10-7-3-1-6(5-8(7)11)2-4-9-12-14-15-13-9/h1,3,5H,2,4,11H2,(H,12,13,14,15). The predicted molar refractivity (Wildman–Crippen MR) is 52.4 cm³/mol. The van der Waals surface area contributed by atoms with E-state index < -0.39 is 5.82 Å². The van der Waals surface area contributed by atoms with Gasteiger partial charge in [0.1, 0.15) is 5.82 Å². The van der Waals surface area contributed by atoms with Gasteiger partial charge in [-0.3, -0.25) is 0 Å². The van der Waals surface area contributed by atoms with E-state index in [1.807, 2.05) is 0 Å². The number of nitrogens with zero attached hydrogens (tertiary/aromatic N) is 3. The molecular formula is C9H10FN5. The predicted octanol–water partition coefficient (Wildman–Crippen LogP) is 0.706. The van der Waals surface area contributed by atoms with Crippen LogP contribution in [-0.2, 0) is 12.8 Å². The van der Waals surface area contributed by atoms with Crippen molar-refractivity contribution < 1.29 is 4.39 Å². The van der Waals surface area contributed by atoms with Crippen molar-refractivity contribution in [2.24, 2.45) is 0 Å². The van der Waals surface area contributed by atoms with Crippen molar-refractivity contribution in [1.82, 2.24) is 20.6 Å². The van der Waals surface area contributed by atoms with Gasteiger partial charge in [-0.25, -0.2) is 4.39 Å². The molecule has 1 aromatic heterocycles. The van der Waals surface area contributed by atoms with E-state index in [1.165, 1.54) is 6.07 Å². The van der Waals surface area contributed by atoms with Crippen molar-refractivity contribution in [2.75, 3.05) is 5.73 Å². The summed E-state index contributed by atoms with van der Waals surface area (Å²) in [5.41, 5.74) is 6.57. The van der Waals surface area contributed by atoms with Gasteiger partial charge in [-0.15, -0.1) is 10.2 Å². The maximum absolute atomic E-state index is 12.8. The highest BCUT2D eigenvalue weighted by Gasteiger charge is 2.02. The zero-order valence-corrected chi connectivity index (χ0v) is 7.94. The largest absolute Gasteiger partial charge is 0.396 e. The first-order valence-corrected chi connectivity index (χ1v) is 4.52. The Kier molecular flexibility index (Phi) is 2.57. The molecule has 6 heteroatoms. The zero-order valence-electron chi connectivity index (χ0n) is 7.94. The Morgan fingerprint density at radius 1 is 1.33 bits per heavy atom. The number of anilines is 1. The van der Waals surface area contributed by atoms with Gasteiger partial charge in [-0.1, -0.05) is 11.3 Å². The second-order valence-corrected chi connectivity index (χ2v) is 3.18. The van der Waals surface area contributed by atoms with Crippen molar-refractivity contribution >= 4 is 5.69 Å². The average Bonchev–Trinajstić information content (AvgIpc) is 2.73. The number of rotatable bonds is 3. The first-order chi connectivity index (χ1) is 7.25. The highest BCUT2D eigenvalue weighted by molar-refractivity contribution is 5.42. The molecule has 0 radical (unpaired) electrons. The third-order valence-electron chi connectivity index (χ3n) is 2.09. The number of nitrogen functional groups attached to an aromatic ring is 1. The summed E-state index contributed by atoms with van der Waals surface area (Å²) in [7, 11) is 0. The van der Waals surface area contributed by atoms with Crippen molar-refractivity contribution in [3.05, 3.63) is 35.4 Å². The lowest BCUT2D eigenvalue weighted by Crippen LogP contribution is -1.97. The maximum Gasteiger partial charge on any atom is 0.174 e. The third kappa shape index (κ3) is 2.28. The summed E-state index contributed by atoms with van der Waals surface area (Å²) in [5, 5.41) is 13.5. The van der Waals surface area contributed by atoms with Gasteiger partial charge < -0.3 is 5.73 Å². The molecule has 0 aliphatic carbocycles. The van der Waals surface area contributed by atoms with Gasteiger partial charge in [0.05, 0.1) is 5.69 Å². The van der Waals surface area contributed by atoms with Crippen LogP contribution in [0.25, 0.3) is 0 Å². The molecule has 0 amide bonds. The lowest BCUT2D eigenvalue weighted by Gasteiger charge is -2.01. The molecule has 0 spiro atoms. The van der Waals surface area contributed by atoms with E-state index in [-0.39, 0.29) is 5.69 Å². The normalized spacial score (nSPS) is 10.5. The number of H-pyrrole nitrogens is 1. The summed E-state index contributed by atoms with van der Waals surface area (Å²) in [6, 6.07) is 4.68. The molecule has 0 bridgehead atoms. The van der Waals surface area contributed by atoms with Crippen LogP contribution in [0.1, 0.15) is 11.4 Å². The number of aromatic amines is 1. The van der Waals surface area contributed by atoms with Crippen molar-refractivity contribution in [1.29, 1.82) is 0 Å². The van der Waals surface area contributed by atoms with Crippen LogP contribution in [0.5, 0.6) is 0 Å². The number of hydrogen-bond acceptors (Lipinski definition) is 4. The lowest BCUT2D eigenvalue weighted by molar-refractivity contribution is 0.631. The second kappa shape index (κ2) is 4.04. The fourth-order valence-corrected chi connectivity index (χ4v) is 1.29. The van der Waals surface area contributed by atoms with E-state index in [0.29, 0.717) is 18.7 Å². The molecule has 0 aliphatic heterocycles. The van der Waals surface area contributed by atoms with Crippen LogP contribution in [0.15, 0.2) is 18.2 Å². The second-order valence-electron chi connectivity index (χ2n) is 3.18. The molecule has 1 heterocycles. The van der Waals surface area contributed by atoms with Crippen molar-refractivity contribution in [3.63, 3.8) is 0 Å². The van der Waals surface area contributed by atoms with Crippen LogP contribution in [0.3, 0.4) is 0 Å². The summed E-state index contributed by atoms with van der Waals surface area (Å²) in [4.78, 5) is 0. The minimum Gasteiger partial charge on any atom is -0.396 e. The number of hydrogen-bond donors (Lipinski definition) is 2. The number of aryl methyl sites for hydroxylation is 2. The third-order valence-corrected chi connectivity index (χ3v) is 2.09. The summed E-state index contributed by atoms with van der Waals surface area (Å²) < 4.78 is 12.8. The molecule has 0 unspecified atom stereocenters. The Hall–Kier alpha value is -1.98. The summed E-state index contributed by atoms with van der Waals surface area (Å²) in [6.45, 7) is 0. The minimum atomic E-state index is -0.390. The van der Waals surface area contributed by atoms with Crippen LogP contribution >= 0.6 is 0 Å². The van der Waals surface area contributed by atoms with Gasteiger partial charge in [0, 0.05) is 6.42 Å². The SMILES string of the molecule is Nc1cc(CCc2nn[nH]n2)ccc1F.